The first-order valence-electron chi connectivity index (χ1n) is 19.2. The van der Waals surface area contributed by atoms with Crippen molar-refractivity contribution in [2.75, 3.05) is 0 Å². The molecule has 9 aromatic rings. The summed E-state index contributed by atoms with van der Waals surface area (Å²) in [6, 6.07) is 54.8. The highest BCUT2D eigenvalue weighted by Gasteiger charge is 2.22. The zero-order chi connectivity index (χ0) is 37.9. The van der Waals surface area contributed by atoms with Crippen molar-refractivity contribution in [3.8, 4) is 56.0 Å². The number of hydrogen-bond donors (Lipinski definition) is 1. The molecule has 6 aromatic carbocycles. The largest absolute Gasteiger partial charge is 0.354 e. The lowest BCUT2D eigenvalue weighted by atomic mass is 9.79. The monoisotopic (exact) mass is 711 g/mol. The van der Waals surface area contributed by atoms with E-state index in [1.54, 1.807) is 0 Å². The van der Waals surface area contributed by atoms with Gasteiger partial charge in [-0.05, 0) is 92.1 Å². The van der Waals surface area contributed by atoms with Crippen LogP contribution in [-0.2, 0) is 10.8 Å². The molecular weight excluding hydrogens is 667 g/mol. The van der Waals surface area contributed by atoms with E-state index in [0.29, 0.717) is 0 Å². The van der Waals surface area contributed by atoms with Crippen molar-refractivity contribution in [2.45, 2.75) is 52.4 Å². The van der Waals surface area contributed by atoms with E-state index < -0.39 is 0 Å². The van der Waals surface area contributed by atoms with E-state index >= 15 is 0 Å². The Morgan fingerprint density at radius 3 is 1.75 bits per heavy atom. The fourth-order valence-corrected chi connectivity index (χ4v) is 7.69. The molecule has 55 heavy (non-hydrogen) atoms. The molecule has 0 fully saturated rings. The van der Waals surface area contributed by atoms with E-state index in [9.17, 15) is 0 Å². The molecular formula is C52H45N3. The van der Waals surface area contributed by atoms with Crippen LogP contribution < -0.4 is 0 Å². The van der Waals surface area contributed by atoms with Crippen LogP contribution in [0.1, 0.15) is 52.7 Å². The van der Waals surface area contributed by atoms with Gasteiger partial charge in [0.1, 0.15) is 0 Å². The van der Waals surface area contributed by atoms with Crippen LogP contribution in [0, 0.1) is 0 Å². The highest BCUT2D eigenvalue weighted by molar-refractivity contribution is 6.11. The summed E-state index contributed by atoms with van der Waals surface area (Å²) in [4.78, 5) is 14.3. The quantitative estimate of drug-likeness (QED) is 0.193. The summed E-state index contributed by atoms with van der Waals surface area (Å²) in [5.74, 6) is 0. The molecule has 1 N–H and O–H groups in total. The maximum atomic E-state index is 5.54. The molecule has 3 aromatic heterocycles. The van der Waals surface area contributed by atoms with Gasteiger partial charge in [0.05, 0.1) is 22.6 Å². The fraction of sp³-hybridized carbons (Fsp3) is 0.154. The number of para-hydroxylation sites is 2. The first kappa shape index (κ1) is 34.4. The van der Waals surface area contributed by atoms with Gasteiger partial charge in [-0.2, -0.15) is 0 Å². The summed E-state index contributed by atoms with van der Waals surface area (Å²) in [6.45, 7) is 13.8. The SMILES string of the molecule is CC(C)(C)c1cc(-c2cc(-c3cc(-c4ccccc4)cc(-c4cc5ccccc5cn4)c3)nc(-c3cccc4c3[nH]c3ccccc34)c2)cc(C(C)(C)C)c1. The van der Waals surface area contributed by atoms with Crippen molar-refractivity contribution in [2.24, 2.45) is 0 Å². The van der Waals surface area contributed by atoms with E-state index in [4.69, 9.17) is 9.97 Å². The van der Waals surface area contributed by atoms with Crippen LogP contribution in [0.15, 0.2) is 158 Å². The van der Waals surface area contributed by atoms with E-state index in [1.807, 2.05) is 6.20 Å². The summed E-state index contributed by atoms with van der Waals surface area (Å²) in [6.07, 6.45) is 1.98. The third-order valence-electron chi connectivity index (χ3n) is 10.9. The van der Waals surface area contributed by atoms with Gasteiger partial charge < -0.3 is 4.98 Å². The Morgan fingerprint density at radius 2 is 1.00 bits per heavy atom. The number of benzene rings is 6. The average Bonchev–Trinajstić information content (AvgIpc) is 3.59. The molecule has 0 radical (unpaired) electrons. The number of rotatable bonds is 5. The lowest BCUT2D eigenvalue weighted by molar-refractivity contribution is 0.569. The maximum Gasteiger partial charge on any atom is 0.0736 e. The molecule has 0 unspecified atom stereocenters. The molecule has 0 aliphatic heterocycles. The third kappa shape index (κ3) is 6.61. The number of aromatic amines is 1. The van der Waals surface area contributed by atoms with Gasteiger partial charge in [0.15, 0.2) is 0 Å². The Kier molecular flexibility index (Phi) is 8.27. The molecule has 9 rings (SSSR count). The van der Waals surface area contributed by atoms with Gasteiger partial charge in [-0.15, -0.1) is 0 Å². The maximum absolute atomic E-state index is 5.54. The van der Waals surface area contributed by atoms with Crippen LogP contribution in [0.4, 0.5) is 0 Å². The minimum absolute atomic E-state index is 0.0174. The van der Waals surface area contributed by atoms with Crippen molar-refractivity contribution < 1.29 is 0 Å². The minimum atomic E-state index is -0.0174. The average molecular weight is 712 g/mol. The van der Waals surface area contributed by atoms with Crippen molar-refractivity contribution in [3.63, 3.8) is 0 Å². The predicted molar refractivity (Wildman–Crippen MR) is 233 cm³/mol. The summed E-state index contributed by atoms with van der Waals surface area (Å²) >= 11 is 0. The number of aromatic nitrogens is 3. The Morgan fingerprint density at radius 1 is 0.418 bits per heavy atom. The third-order valence-corrected chi connectivity index (χ3v) is 10.9. The van der Waals surface area contributed by atoms with E-state index in [2.05, 4.69) is 198 Å². The normalized spacial score (nSPS) is 12.2. The zero-order valence-electron chi connectivity index (χ0n) is 32.4. The number of nitrogens with one attached hydrogen (secondary N) is 1. The van der Waals surface area contributed by atoms with E-state index in [-0.39, 0.29) is 10.8 Å². The molecule has 3 nitrogen and oxygen atoms in total. The molecule has 0 aliphatic rings. The fourth-order valence-electron chi connectivity index (χ4n) is 7.69. The zero-order valence-corrected chi connectivity index (χ0v) is 32.4. The summed E-state index contributed by atoms with van der Waals surface area (Å²) in [5.41, 5.74) is 15.4. The van der Waals surface area contributed by atoms with Gasteiger partial charge >= 0.3 is 0 Å². The van der Waals surface area contributed by atoms with Crippen molar-refractivity contribution in [1.82, 2.24) is 15.0 Å². The molecule has 0 aliphatic carbocycles. The van der Waals surface area contributed by atoms with Crippen LogP contribution in [0.2, 0.25) is 0 Å². The number of pyridine rings is 2. The second kappa shape index (κ2) is 13.2. The number of fused-ring (bicyclic) bond motifs is 4. The van der Waals surface area contributed by atoms with Crippen LogP contribution >= 0.6 is 0 Å². The number of hydrogen-bond acceptors (Lipinski definition) is 2. The second-order valence-electron chi connectivity index (χ2n) is 16.9. The van der Waals surface area contributed by atoms with Gasteiger partial charge in [-0.25, -0.2) is 4.98 Å². The molecule has 3 heterocycles. The molecule has 268 valence electrons. The number of nitrogens with zero attached hydrogens (tertiary/aromatic N) is 2. The molecule has 0 saturated carbocycles. The van der Waals surface area contributed by atoms with Crippen LogP contribution in [0.25, 0.3) is 88.6 Å². The van der Waals surface area contributed by atoms with Crippen LogP contribution in [0.3, 0.4) is 0 Å². The highest BCUT2D eigenvalue weighted by Crippen LogP contribution is 2.40. The minimum Gasteiger partial charge on any atom is -0.354 e. The van der Waals surface area contributed by atoms with E-state index in [1.165, 1.54) is 32.8 Å². The summed E-state index contributed by atoms with van der Waals surface area (Å²) in [7, 11) is 0. The Bertz CT molecular complexity index is 2850. The van der Waals surface area contributed by atoms with E-state index in [0.717, 1.165) is 66.9 Å². The van der Waals surface area contributed by atoms with Crippen molar-refractivity contribution in [1.29, 1.82) is 0 Å². The lowest BCUT2D eigenvalue weighted by Gasteiger charge is -2.26. The van der Waals surface area contributed by atoms with Gasteiger partial charge in [0.2, 0.25) is 0 Å². The highest BCUT2D eigenvalue weighted by atomic mass is 14.7. The molecule has 0 bridgehead atoms. The predicted octanol–water partition coefficient (Wildman–Crippen LogP) is 14.2. The van der Waals surface area contributed by atoms with Gasteiger partial charge in [0, 0.05) is 44.6 Å². The molecule has 0 spiro atoms. The number of H-pyrrole nitrogens is 1. The summed E-state index contributed by atoms with van der Waals surface area (Å²) < 4.78 is 0. The van der Waals surface area contributed by atoms with Gasteiger partial charge in [0.25, 0.3) is 0 Å². The van der Waals surface area contributed by atoms with Crippen LogP contribution in [0.5, 0.6) is 0 Å². The Hall–Kier alpha value is -6.32. The van der Waals surface area contributed by atoms with Gasteiger partial charge in [-0.1, -0.05) is 151 Å². The van der Waals surface area contributed by atoms with Crippen LogP contribution in [-0.4, -0.2) is 15.0 Å². The Balaban J connectivity index is 1.32. The standard InChI is InChI=1S/C52H45N3/c1-51(2,3)41-26-37(27-42(31-41)52(4,5)6)38-29-48(54-49(30-38)45-21-14-20-44-43-19-12-13-22-46(43)55-50(44)45)40-24-36(33-15-8-7-9-16-33)23-39(25-40)47-28-34-17-10-11-18-35(34)32-53-47/h7-32,55H,1-6H3. The topological polar surface area (TPSA) is 41.6 Å². The smallest absolute Gasteiger partial charge is 0.0736 e. The molecule has 0 amide bonds. The molecule has 0 saturated heterocycles. The molecule has 0 atom stereocenters. The Labute approximate surface area is 323 Å². The summed E-state index contributed by atoms with van der Waals surface area (Å²) in [5, 5.41) is 4.71. The molecule has 3 heteroatoms. The van der Waals surface area contributed by atoms with Gasteiger partial charge in [-0.3, -0.25) is 4.98 Å². The van der Waals surface area contributed by atoms with Crippen molar-refractivity contribution in [3.05, 3.63) is 169 Å². The first-order valence-corrected chi connectivity index (χ1v) is 19.2. The van der Waals surface area contributed by atoms with Crippen molar-refractivity contribution >= 4 is 32.6 Å². The first-order chi connectivity index (χ1) is 26.5. The second-order valence-corrected chi connectivity index (χ2v) is 16.9. The lowest BCUT2D eigenvalue weighted by Crippen LogP contribution is -2.16.